The number of guanidine groups is 1. The molecule has 0 bridgehead atoms. The molecule has 134 valence electrons. The van der Waals surface area contributed by atoms with Gasteiger partial charge in [-0.05, 0) is 51.4 Å². The van der Waals surface area contributed by atoms with Crippen molar-refractivity contribution in [2.24, 2.45) is 4.99 Å². The number of aliphatic hydroxyl groups is 1. The molecule has 2 aliphatic rings. The number of thioether (sulfide) groups is 1. The van der Waals surface area contributed by atoms with E-state index in [1.54, 1.807) is 0 Å². The first-order chi connectivity index (χ1) is 11.1. The van der Waals surface area contributed by atoms with Crippen LogP contribution < -0.4 is 10.6 Å². The molecule has 2 rings (SSSR count). The van der Waals surface area contributed by atoms with Crippen LogP contribution in [0, 0.1) is 0 Å². The Kier molecular flexibility index (Phi) is 7.50. The first-order valence-corrected chi connectivity index (χ1v) is 10.3. The summed E-state index contributed by atoms with van der Waals surface area (Å²) in [5, 5.41) is 17.8. The highest BCUT2D eigenvalue weighted by atomic mass is 32.2. The Labute approximate surface area is 145 Å². The van der Waals surface area contributed by atoms with Crippen LogP contribution in [0.1, 0.15) is 46.5 Å². The molecule has 0 radical (unpaired) electrons. The van der Waals surface area contributed by atoms with Gasteiger partial charge in [0.25, 0.3) is 0 Å². The molecule has 23 heavy (non-hydrogen) atoms. The molecule has 1 aliphatic carbocycles. The van der Waals surface area contributed by atoms with Gasteiger partial charge in [-0.15, -0.1) is 0 Å². The fourth-order valence-electron chi connectivity index (χ4n) is 3.53. The van der Waals surface area contributed by atoms with Crippen molar-refractivity contribution in [2.45, 2.75) is 63.3 Å². The van der Waals surface area contributed by atoms with E-state index in [0.29, 0.717) is 17.8 Å². The van der Waals surface area contributed by atoms with E-state index < -0.39 is 5.60 Å². The largest absolute Gasteiger partial charge is 0.387 e. The number of aliphatic imine (C=N–C) groups is 1. The maximum Gasteiger partial charge on any atom is 0.191 e. The Morgan fingerprint density at radius 3 is 2.74 bits per heavy atom. The molecule has 1 saturated heterocycles. The van der Waals surface area contributed by atoms with Crippen molar-refractivity contribution >= 4 is 17.7 Å². The summed E-state index contributed by atoms with van der Waals surface area (Å²) in [5.74, 6) is 1.90. The molecule has 3 N–H and O–H groups in total. The van der Waals surface area contributed by atoms with E-state index in [2.05, 4.69) is 41.3 Å². The molecule has 0 aromatic carbocycles. The lowest BCUT2D eigenvalue weighted by Crippen LogP contribution is -2.53. The molecule has 5 nitrogen and oxygen atoms in total. The Morgan fingerprint density at radius 1 is 1.30 bits per heavy atom. The lowest BCUT2D eigenvalue weighted by Gasteiger charge is -2.44. The van der Waals surface area contributed by atoms with Crippen LogP contribution in [0.2, 0.25) is 0 Å². The van der Waals surface area contributed by atoms with Gasteiger partial charge in [0.05, 0.1) is 12.1 Å². The molecule has 1 aliphatic heterocycles. The molecule has 0 aromatic heterocycles. The van der Waals surface area contributed by atoms with Gasteiger partial charge in [0, 0.05) is 24.4 Å². The van der Waals surface area contributed by atoms with E-state index >= 15 is 0 Å². The normalized spacial score (nSPS) is 31.9. The standard InChI is InChI=1S/C17H34N4OS/c1-4-18-16(19-12-14-8-7-11-21(14)5-2)20-13-17(22)10-9-15(17)23-6-3/h14-15,22H,4-13H2,1-3H3,(H2,18,19,20). The average molecular weight is 343 g/mol. The third kappa shape index (κ3) is 5.00. The van der Waals surface area contributed by atoms with Gasteiger partial charge in [0.15, 0.2) is 5.96 Å². The van der Waals surface area contributed by atoms with Crippen molar-refractivity contribution in [3.63, 3.8) is 0 Å². The predicted octanol–water partition coefficient (Wildman–Crippen LogP) is 1.67. The van der Waals surface area contributed by atoms with Gasteiger partial charge in [0.2, 0.25) is 0 Å². The summed E-state index contributed by atoms with van der Waals surface area (Å²) in [6.45, 7) is 11.1. The van der Waals surface area contributed by atoms with Crippen LogP contribution >= 0.6 is 11.8 Å². The Hall–Kier alpha value is -0.460. The summed E-state index contributed by atoms with van der Waals surface area (Å²) in [7, 11) is 0. The maximum absolute atomic E-state index is 10.7. The molecular formula is C17H34N4OS. The lowest BCUT2D eigenvalue weighted by atomic mass is 9.79. The topological polar surface area (TPSA) is 59.9 Å². The maximum atomic E-state index is 10.7. The molecule has 3 atom stereocenters. The number of rotatable bonds is 8. The van der Waals surface area contributed by atoms with Crippen molar-refractivity contribution in [1.29, 1.82) is 0 Å². The van der Waals surface area contributed by atoms with Crippen LogP contribution in [0.15, 0.2) is 4.99 Å². The molecule has 0 amide bonds. The summed E-state index contributed by atoms with van der Waals surface area (Å²) in [6, 6.07) is 0.610. The summed E-state index contributed by atoms with van der Waals surface area (Å²) in [6.07, 6.45) is 4.55. The Morgan fingerprint density at radius 2 is 2.13 bits per heavy atom. The predicted molar refractivity (Wildman–Crippen MR) is 100 cm³/mol. The summed E-state index contributed by atoms with van der Waals surface area (Å²) in [5.41, 5.74) is -0.605. The fraction of sp³-hybridized carbons (Fsp3) is 0.941. The number of likely N-dealkylation sites (N-methyl/N-ethyl adjacent to an activating group) is 1. The van der Waals surface area contributed by atoms with E-state index in [9.17, 15) is 5.11 Å². The molecule has 3 unspecified atom stereocenters. The quantitative estimate of drug-likeness (QED) is 0.463. The smallest absolute Gasteiger partial charge is 0.191 e. The van der Waals surface area contributed by atoms with E-state index in [0.717, 1.165) is 44.2 Å². The average Bonchev–Trinajstić information content (AvgIpc) is 3.01. The highest BCUT2D eigenvalue weighted by Gasteiger charge is 2.45. The SMILES string of the molecule is CCNC(=NCC1(O)CCC1SCC)NCC1CCCN1CC. The van der Waals surface area contributed by atoms with E-state index in [1.807, 2.05) is 11.8 Å². The lowest BCUT2D eigenvalue weighted by molar-refractivity contribution is -0.0154. The fourth-order valence-corrected chi connectivity index (χ4v) is 4.72. The van der Waals surface area contributed by atoms with Crippen LogP contribution in [0.3, 0.4) is 0 Å². The molecule has 1 heterocycles. The monoisotopic (exact) mass is 342 g/mol. The first kappa shape index (κ1) is 18.9. The minimum Gasteiger partial charge on any atom is -0.387 e. The van der Waals surface area contributed by atoms with Crippen molar-refractivity contribution in [2.75, 3.05) is 38.5 Å². The van der Waals surface area contributed by atoms with Crippen LogP contribution in [-0.2, 0) is 0 Å². The number of nitrogens with one attached hydrogen (secondary N) is 2. The zero-order valence-corrected chi connectivity index (χ0v) is 15.8. The van der Waals surface area contributed by atoms with Crippen LogP contribution in [0.25, 0.3) is 0 Å². The van der Waals surface area contributed by atoms with Gasteiger partial charge in [-0.3, -0.25) is 9.89 Å². The van der Waals surface area contributed by atoms with Crippen molar-refractivity contribution in [1.82, 2.24) is 15.5 Å². The second-order valence-electron chi connectivity index (χ2n) is 6.59. The second kappa shape index (κ2) is 9.14. The zero-order chi connectivity index (χ0) is 16.7. The van der Waals surface area contributed by atoms with Gasteiger partial charge in [-0.2, -0.15) is 11.8 Å². The van der Waals surface area contributed by atoms with Gasteiger partial charge >= 0.3 is 0 Å². The van der Waals surface area contributed by atoms with Gasteiger partial charge in [0.1, 0.15) is 0 Å². The van der Waals surface area contributed by atoms with Crippen molar-refractivity contribution in [3.8, 4) is 0 Å². The highest BCUT2D eigenvalue weighted by molar-refractivity contribution is 8.00. The molecule has 6 heteroatoms. The molecular weight excluding hydrogens is 308 g/mol. The summed E-state index contributed by atoms with van der Waals surface area (Å²) in [4.78, 5) is 7.20. The van der Waals surface area contributed by atoms with Gasteiger partial charge in [-0.25, -0.2) is 0 Å². The minimum absolute atomic E-state index is 0.351. The van der Waals surface area contributed by atoms with E-state index in [1.165, 1.54) is 19.4 Å². The second-order valence-corrected chi connectivity index (χ2v) is 8.07. The van der Waals surface area contributed by atoms with Gasteiger partial charge in [-0.1, -0.05) is 13.8 Å². The van der Waals surface area contributed by atoms with Crippen molar-refractivity contribution < 1.29 is 5.11 Å². The molecule has 1 saturated carbocycles. The van der Waals surface area contributed by atoms with Crippen LogP contribution in [0.4, 0.5) is 0 Å². The Bertz CT molecular complexity index is 393. The Balaban J connectivity index is 1.85. The van der Waals surface area contributed by atoms with Crippen LogP contribution in [0.5, 0.6) is 0 Å². The first-order valence-electron chi connectivity index (χ1n) is 9.23. The summed E-state index contributed by atoms with van der Waals surface area (Å²) < 4.78 is 0. The number of hydrogen-bond acceptors (Lipinski definition) is 4. The van der Waals surface area contributed by atoms with Gasteiger partial charge < -0.3 is 15.7 Å². The molecule has 2 fully saturated rings. The van der Waals surface area contributed by atoms with Crippen molar-refractivity contribution in [3.05, 3.63) is 0 Å². The molecule has 0 aromatic rings. The zero-order valence-electron chi connectivity index (χ0n) is 15.0. The number of likely N-dealkylation sites (tertiary alicyclic amines) is 1. The van der Waals surface area contributed by atoms with E-state index in [-0.39, 0.29) is 0 Å². The van der Waals surface area contributed by atoms with Crippen LogP contribution in [-0.4, -0.2) is 71.3 Å². The third-order valence-corrected chi connectivity index (χ3v) is 6.48. The highest BCUT2D eigenvalue weighted by Crippen LogP contribution is 2.41. The number of hydrogen-bond donors (Lipinski definition) is 3. The number of nitrogens with zero attached hydrogens (tertiary/aromatic N) is 2. The van der Waals surface area contributed by atoms with E-state index in [4.69, 9.17) is 0 Å². The minimum atomic E-state index is -0.605. The third-order valence-electron chi connectivity index (χ3n) is 5.07. The molecule has 0 spiro atoms. The summed E-state index contributed by atoms with van der Waals surface area (Å²) >= 11 is 1.86.